The fourth-order valence-corrected chi connectivity index (χ4v) is 2.44. The summed E-state index contributed by atoms with van der Waals surface area (Å²) in [7, 11) is 0. The van der Waals surface area contributed by atoms with Crippen LogP contribution in [0.25, 0.3) is 0 Å². The summed E-state index contributed by atoms with van der Waals surface area (Å²) in [6.07, 6.45) is 0.718. The van der Waals surface area contributed by atoms with E-state index in [4.69, 9.17) is 5.21 Å². The van der Waals surface area contributed by atoms with Gasteiger partial charge in [-0.15, -0.1) is 0 Å². The molecule has 0 spiro atoms. The van der Waals surface area contributed by atoms with Crippen LogP contribution in [0.1, 0.15) is 18.9 Å². The van der Waals surface area contributed by atoms with Gasteiger partial charge in [0, 0.05) is 31.1 Å². The van der Waals surface area contributed by atoms with E-state index in [2.05, 4.69) is 15.4 Å². The Kier molecular flexibility index (Phi) is 4.74. The second-order valence-corrected chi connectivity index (χ2v) is 5.39. The zero-order valence-electron chi connectivity index (χ0n) is 12.0. The largest absolute Gasteiger partial charge is 0.411 e. The van der Waals surface area contributed by atoms with Crippen LogP contribution in [0, 0.1) is 12.8 Å². The highest BCUT2D eigenvalue weighted by Crippen LogP contribution is 2.14. The minimum absolute atomic E-state index is 0.00885. The van der Waals surface area contributed by atoms with Crippen LogP contribution in [0.4, 0.5) is 5.69 Å². The second-order valence-electron chi connectivity index (χ2n) is 5.39. The van der Waals surface area contributed by atoms with E-state index in [9.17, 15) is 4.79 Å². The molecule has 5 heteroatoms. The first kappa shape index (κ1) is 14.5. The summed E-state index contributed by atoms with van der Waals surface area (Å²) in [4.78, 5) is 14.1. The molecule has 1 aliphatic rings. The molecule has 0 bridgehead atoms. The van der Waals surface area contributed by atoms with Crippen molar-refractivity contribution in [3.05, 3.63) is 29.8 Å². The number of piperidine rings is 1. The van der Waals surface area contributed by atoms with E-state index in [1.54, 1.807) is 0 Å². The van der Waals surface area contributed by atoms with Crippen LogP contribution in [-0.2, 0) is 4.79 Å². The molecule has 20 heavy (non-hydrogen) atoms. The number of amides is 1. The number of hydrogen-bond acceptors (Lipinski definition) is 4. The molecular formula is C15H21N3O2. The molecule has 0 saturated carbocycles. The van der Waals surface area contributed by atoms with Gasteiger partial charge in [0.05, 0.1) is 12.3 Å². The van der Waals surface area contributed by atoms with Crippen LogP contribution in [0.3, 0.4) is 0 Å². The maximum atomic E-state index is 12.0. The van der Waals surface area contributed by atoms with Crippen molar-refractivity contribution in [2.75, 3.05) is 25.0 Å². The molecule has 0 radical (unpaired) electrons. The van der Waals surface area contributed by atoms with Crippen molar-refractivity contribution in [3.63, 3.8) is 0 Å². The van der Waals surface area contributed by atoms with Crippen LogP contribution in [0.15, 0.2) is 29.4 Å². The molecule has 1 aliphatic heterocycles. The number of rotatable bonds is 3. The van der Waals surface area contributed by atoms with Gasteiger partial charge >= 0.3 is 0 Å². The third kappa shape index (κ3) is 3.81. The third-order valence-corrected chi connectivity index (χ3v) is 3.62. The van der Waals surface area contributed by atoms with E-state index < -0.39 is 0 Å². The van der Waals surface area contributed by atoms with Crippen molar-refractivity contribution >= 4 is 17.3 Å². The molecule has 2 N–H and O–H groups in total. The normalized spacial score (nSPS) is 21.9. The van der Waals surface area contributed by atoms with Gasteiger partial charge in [-0.2, -0.15) is 0 Å². The maximum Gasteiger partial charge on any atom is 0.238 e. The van der Waals surface area contributed by atoms with Crippen molar-refractivity contribution in [3.8, 4) is 0 Å². The molecule has 108 valence electrons. The first-order chi connectivity index (χ1) is 9.58. The monoisotopic (exact) mass is 275 g/mol. The quantitative estimate of drug-likeness (QED) is 0.656. The van der Waals surface area contributed by atoms with Crippen LogP contribution < -0.4 is 5.32 Å². The minimum atomic E-state index is -0.00885. The number of carbonyl (C=O) groups excluding carboxylic acids is 1. The summed E-state index contributed by atoms with van der Waals surface area (Å²) < 4.78 is 0. The molecule has 1 amide bonds. The molecule has 1 fully saturated rings. The third-order valence-electron chi connectivity index (χ3n) is 3.62. The summed E-state index contributed by atoms with van der Waals surface area (Å²) in [5, 5.41) is 15.0. The molecule has 0 aromatic heterocycles. The number of benzene rings is 1. The van der Waals surface area contributed by atoms with Crippen molar-refractivity contribution in [1.29, 1.82) is 0 Å². The number of hydrogen-bond donors (Lipinski definition) is 2. The maximum absolute atomic E-state index is 12.0. The Balaban J connectivity index is 1.84. The topological polar surface area (TPSA) is 64.9 Å². The van der Waals surface area contributed by atoms with E-state index in [0.717, 1.165) is 30.9 Å². The Morgan fingerprint density at radius 3 is 2.75 bits per heavy atom. The molecule has 1 aromatic rings. The number of nitrogens with one attached hydrogen (secondary N) is 1. The van der Waals surface area contributed by atoms with Gasteiger partial charge in [0.15, 0.2) is 0 Å². The molecule has 1 aromatic carbocycles. The molecule has 5 nitrogen and oxygen atoms in total. The Bertz CT molecular complexity index is 496. The van der Waals surface area contributed by atoms with Gasteiger partial charge in [0.1, 0.15) is 0 Å². The fourth-order valence-electron chi connectivity index (χ4n) is 2.44. The lowest BCUT2D eigenvalue weighted by Gasteiger charge is -2.30. The lowest BCUT2D eigenvalue weighted by Crippen LogP contribution is -2.43. The second kappa shape index (κ2) is 6.52. The molecular weight excluding hydrogens is 254 g/mol. The summed E-state index contributed by atoms with van der Waals surface area (Å²) in [5.41, 5.74) is 2.81. The van der Waals surface area contributed by atoms with Crippen LogP contribution >= 0.6 is 0 Å². The molecule has 1 unspecified atom stereocenters. The fraction of sp³-hybridized carbons (Fsp3) is 0.467. The number of aryl methyl sites for hydroxylation is 1. The standard InChI is InChI=1S/C15H21N3O2/c1-11-3-5-13(6-4-11)16-15(19)10-18-8-7-14(17-20)12(2)9-18/h3-6,12,20H,7-10H2,1-2H3,(H,16,19)/b17-14+. The average Bonchev–Trinajstić information content (AvgIpc) is 2.41. The first-order valence-electron chi connectivity index (χ1n) is 6.88. The summed E-state index contributed by atoms with van der Waals surface area (Å²) in [6, 6.07) is 7.76. The molecule has 2 rings (SSSR count). The lowest BCUT2D eigenvalue weighted by molar-refractivity contribution is -0.117. The van der Waals surface area contributed by atoms with Crippen molar-refractivity contribution in [2.45, 2.75) is 20.3 Å². The lowest BCUT2D eigenvalue weighted by atomic mass is 9.98. The zero-order valence-corrected chi connectivity index (χ0v) is 12.0. The summed E-state index contributed by atoms with van der Waals surface area (Å²) in [6.45, 7) is 5.91. The van der Waals surface area contributed by atoms with Crippen molar-refractivity contribution < 1.29 is 10.0 Å². The highest BCUT2D eigenvalue weighted by Gasteiger charge is 2.23. The Morgan fingerprint density at radius 1 is 1.45 bits per heavy atom. The Labute approximate surface area is 119 Å². The predicted octanol–water partition coefficient (Wildman–Crippen LogP) is 2.11. The van der Waals surface area contributed by atoms with Gasteiger partial charge in [-0.1, -0.05) is 29.8 Å². The first-order valence-corrected chi connectivity index (χ1v) is 6.88. The Morgan fingerprint density at radius 2 is 2.15 bits per heavy atom. The Hall–Kier alpha value is -1.88. The highest BCUT2D eigenvalue weighted by atomic mass is 16.4. The minimum Gasteiger partial charge on any atom is -0.411 e. The van der Waals surface area contributed by atoms with Crippen LogP contribution in [0.5, 0.6) is 0 Å². The van der Waals surface area contributed by atoms with Gasteiger partial charge in [-0.25, -0.2) is 0 Å². The SMILES string of the molecule is Cc1ccc(NC(=O)CN2CC/C(=N\O)C(C)C2)cc1. The highest BCUT2D eigenvalue weighted by molar-refractivity contribution is 5.92. The van der Waals surface area contributed by atoms with Gasteiger partial charge < -0.3 is 10.5 Å². The van der Waals surface area contributed by atoms with Gasteiger partial charge in [0.25, 0.3) is 0 Å². The number of nitrogens with zero attached hydrogens (tertiary/aromatic N) is 2. The van der Waals surface area contributed by atoms with E-state index in [0.29, 0.717) is 6.54 Å². The van der Waals surface area contributed by atoms with Crippen LogP contribution in [0.2, 0.25) is 0 Å². The number of oxime groups is 1. The van der Waals surface area contributed by atoms with E-state index in [1.807, 2.05) is 38.1 Å². The average molecular weight is 275 g/mol. The van der Waals surface area contributed by atoms with E-state index >= 15 is 0 Å². The van der Waals surface area contributed by atoms with Crippen molar-refractivity contribution in [2.24, 2.45) is 11.1 Å². The van der Waals surface area contributed by atoms with E-state index in [1.165, 1.54) is 5.56 Å². The molecule has 1 heterocycles. The van der Waals surface area contributed by atoms with Crippen LogP contribution in [-0.4, -0.2) is 41.4 Å². The van der Waals surface area contributed by atoms with Gasteiger partial charge in [-0.3, -0.25) is 9.69 Å². The summed E-state index contributed by atoms with van der Waals surface area (Å²) in [5.74, 6) is 0.186. The predicted molar refractivity (Wildman–Crippen MR) is 79.3 cm³/mol. The molecule has 0 aliphatic carbocycles. The van der Waals surface area contributed by atoms with E-state index in [-0.39, 0.29) is 11.8 Å². The number of likely N-dealkylation sites (tertiary alicyclic amines) is 1. The zero-order chi connectivity index (χ0) is 14.5. The molecule has 1 atom stereocenters. The van der Waals surface area contributed by atoms with Crippen molar-refractivity contribution in [1.82, 2.24) is 4.90 Å². The smallest absolute Gasteiger partial charge is 0.238 e. The van der Waals surface area contributed by atoms with Gasteiger partial charge in [0.2, 0.25) is 5.91 Å². The summed E-state index contributed by atoms with van der Waals surface area (Å²) >= 11 is 0. The number of carbonyl (C=O) groups is 1. The number of anilines is 1. The van der Waals surface area contributed by atoms with Gasteiger partial charge in [-0.05, 0) is 19.1 Å². The molecule has 1 saturated heterocycles.